The van der Waals surface area contributed by atoms with Crippen LogP contribution < -0.4 is 5.32 Å². The average Bonchev–Trinajstić information content (AvgIpc) is 2.76. The Morgan fingerprint density at radius 1 is 1.35 bits per heavy atom. The predicted molar refractivity (Wildman–Crippen MR) is 75.2 cm³/mol. The van der Waals surface area contributed by atoms with E-state index < -0.39 is 0 Å². The number of amides is 1. The van der Waals surface area contributed by atoms with Crippen molar-refractivity contribution in [3.63, 3.8) is 0 Å². The first-order chi connectivity index (χ1) is 8.20. The second kappa shape index (κ2) is 5.38. The first-order valence-corrected chi connectivity index (χ1v) is 7.30. The fraction of sp³-hybridized carbons (Fsp3) is 0.154. The zero-order valence-electron chi connectivity index (χ0n) is 9.69. The van der Waals surface area contributed by atoms with Crippen LogP contribution in [0.25, 0.3) is 0 Å². The van der Waals surface area contributed by atoms with Gasteiger partial charge < -0.3 is 5.32 Å². The largest absolute Gasteiger partial charge is 0.320 e. The highest BCUT2D eigenvalue weighted by Crippen LogP contribution is 2.31. The molecule has 1 heterocycles. The third-order valence-electron chi connectivity index (χ3n) is 2.34. The van der Waals surface area contributed by atoms with Crippen molar-refractivity contribution >= 4 is 34.7 Å². The number of thiophene rings is 1. The Balaban J connectivity index is 2.17. The maximum absolute atomic E-state index is 12.0. The molecule has 2 aromatic rings. The van der Waals surface area contributed by atoms with Crippen molar-refractivity contribution in [3.8, 4) is 0 Å². The summed E-state index contributed by atoms with van der Waals surface area (Å²) in [7, 11) is 0. The van der Waals surface area contributed by atoms with Crippen LogP contribution in [0.4, 0.5) is 5.69 Å². The van der Waals surface area contributed by atoms with Crippen LogP contribution in [0.3, 0.4) is 0 Å². The molecule has 17 heavy (non-hydrogen) atoms. The van der Waals surface area contributed by atoms with Gasteiger partial charge in [0.1, 0.15) is 0 Å². The SMILES string of the molecule is CSc1sccc1NC(=O)c1cccc(C)c1. The average molecular weight is 263 g/mol. The lowest BCUT2D eigenvalue weighted by Gasteiger charge is -2.05. The molecule has 0 aliphatic heterocycles. The summed E-state index contributed by atoms with van der Waals surface area (Å²) in [4.78, 5) is 12.0. The smallest absolute Gasteiger partial charge is 0.255 e. The quantitative estimate of drug-likeness (QED) is 0.847. The molecule has 0 aliphatic rings. The second-order valence-electron chi connectivity index (χ2n) is 3.65. The Labute approximate surface area is 109 Å². The van der Waals surface area contributed by atoms with Gasteiger partial charge in [-0.1, -0.05) is 17.7 Å². The molecule has 0 fully saturated rings. The Bertz CT molecular complexity index is 534. The molecule has 0 spiro atoms. The highest BCUT2D eigenvalue weighted by atomic mass is 32.2. The van der Waals surface area contributed by atoms with Gasteiger partial charge in [-0.2, -0.15) is 0 Å². The molecule has 2 rings (SSSR count). The van der Waals surface area contributed by atoms with Crippen LogP contribution in [0.5, 0.6) is 0 Å². The number of benzene rings is 1. The first kappa shape index (κ1) is 12.2. The summed E-state index contributed by atoms with van der Waals surface area (Å²) in [6, 6.07) is 9.53. The molecule has 88 valence electrons. The van der Waals surface area contributed by atoms with Gasteiger partial charge in [-0.3, -0.25) is 4.79 Å². The fourth-order valence-corrected chi connectivity index (χ4v) is 2.99. The zero-order valence-corrected chi connectivity index (χ0v) is 11.3. The molecule has 0 saturated carbocycles. The molecule has 1 aromatic heterocycles. The van der Waals surface area contributed by atoms with Gasteiger partial charge in [0.25, 0.3) is 5.91 Å². The number of aryl methyl sites for hydroxylation is 1. The van der Waals surface area contributed by atoms with Crippen molar-refractivity contribution in [2.24, 2.45) is 0 Å². The van der Waals surface area contributed by atoms with Crippen molar-refractivity contribution in [2.75, 3.05) is 11.6 Å². The normalized spacial score (nSPS) is 10.2. The number of carbonyl (C=O) groups excluding carboxylic acids is 1. The van der Waals surface area contributed by atoms with Crippen LogP contribution in [-0.2, 0) is 0 Å². The van der Waals surface area contributed by atoms with E-state index in [0.717, 1.165) is 15.5 Å². The Morgan fingerprint density at radius 2 is 2.18 bits per heavy atom. The lowest BCUT2D eigenvalue weighted by atomic mass is 10.1. The van der Waals surface area contributed by atoms with Gasteiger partial charge >= 0.3 is 0 Å². The molecule has 0 aliphatic carbocycles. The molecule has 1 N–H and O–H groups in total. The van der Waals surface area contributed by atoms with Crippen molar-refractivity contribution in [1.82, 2.24) is 0 Å². The lowest BCUT2D eigenvalue weighted by molar-refractivity contribution is 0.102. The summed E-state index contributed by atoms with van der Waals surface area (Å²) in [6.45, 7) is 1.98. The molecule has 2 nitrogen and oxygen atoms in total. The first-order valence-electron chi connectivity index (χ1n) is 5.20. The summed E-state index contributed by atoms with van der Waals surface area (Å²) in [5.74, 6) is -0.0533. The standard InChI is InChI=1S/C13H13NOS2/c1-9-4-3-5-10(8-9)12(15)14-11-6-7-17-13(11)16-2/h3-8H,1-2H3,(H,14,15). The van der Waals surface area contributed by atoms with Gasteiger partial charge in [0.05, 0.1) is 9.90 Å². The van der Waals surface area contributed by atoms with Gasteiger partial charge in [0, 0.05) is 5.56 Å². The van der Waals surface area contributed by atoms with E-state index in [1.165, 1.54) is 0 Å². The van der Waals surface area contributed by atoms with Gasteiger partial charge in [-0.25, -0.2) is 0 Å². The van der Waals surface area contributed by atoms with Gasteiger partial charge in [-0.05, 0) is 36.8 Å². The number of nitrogens with one attached hydrogen (secondary N) is 1. The molecule has 1 aromatic carbocycles. The number of rotatable bonds is 3. The van der Waals surface area contributed by atoms with E-state index in [4.69, 9.17) is 0 Å². The van der Waals surface area contributed by atoms with Crippen molar-refractivity contribution in [3.05, 3.63) is 46.8 Å². The summed E-state index contributed by atoms with van der Waals surface area (Å²) in [5.41, 5.74) is 2.69. The van der Waals surface area contributed by atoms with Crippen LogP contribution >= 0.6 is 23.1 Å². The highest BCUT2D eigenvalue weighted by molar-refractivity contribution is 8.00. The number of hydrogen-bond acceptors (Lipinski definition) is 3. The second-order valence-corrected chi connectivity index (χ2v) is 5.64. The topological polar surface area (TPSA) is 29.1 Å². The minimum atomic E-state index is -0.0533. The minimum absolute atomic E-state index is 0.0533. The lowest BCUT2D eigenvalue weighted by Crippen LogP contribution is -2.11. The highest BCUT2D eigenvalue weighted by Gasteiger charge is 2.09. The molecular formula is C13H13NOS2. The Kier molecular flexibility index (Phi) is 3.86. The van der Waals surface area contributed by atoms with E-state index in [0.29, 0.717) is 5.56 Å². The monoisotopic (exact) mass is 263 g/mol. The summed E-state index contributed by atoms with van der Waals surface area (Å²) < 4.78 is 1.13. The molecule has 1 amide bonds. The maximum atomic E-state index is 12.0. The Hall–Kier alpha value is -1.26. The molecule has 0 radical (unpaired) electrons. The van der Waals surface area contributed by atoms with Crippen molar-refractivity contribution in [1.29, 1.82) is 0 Å². The van der Waals surface area contributed by atoms with E-state index in [1.807, 2.05) is 48.9 Å². The number of thioether (sulfide) groups is 1. The maximum Gasteiger partial charge on any atom is 0.255 e. The van der Waals surface area contributed by atoms with E-state index in [1.54, 1.807) is 23.1 Å². The number of hydrogen-bond donors (Lipinski definition) is 1. The third kappa shape index (κ3) is 2.90. The number of carbonyl (C=O) groups is 1. The van der Waals surface area contributed by atoms with E-state index >= 15 is 0 Å². The van der Waals surface area contributed by atoms with Crippen LogP contribution in [0.2, 0.25) is 0 Å². The van der Waals surface area contributed by atoms with E-state index in [-0.39, 0.29) is 5.91 Å². The fourth-order valence-electron chi connectivity index (χ4n) is 1.53. The summed E-state index contributed by atoms with van der Waals surface area (Å²) in [6.07, 6.45) is 2.01. The molecular weight excluding hydrogens is 250 g/mol. The van der Waals surface area contributed by atoms with Crippen LogP contribution in [-0.4, -0.2) is 12.2 Å². The third-order valence-corrected chi connectivity index (χ3v) is 4.43. The molecule has 0 saturated heterocycles. The molecule has 4 heteroatoms. The van der Waals surface area contributed by atoms with Gasteiger partial charge in [0.15, 0.2) is 0 Å². The van der Waals surface area contributed by atoms with Crippen molar-refractivity contribution in [2.45, 2.75) is 11.1 Å². The molecule has 0 atom stereocenters. The molecule has 0 bridgehead atoms. The number of anilines is 1. The summed E-state index contributed by atoms with van der Waals surface area (Å²) in [5, 5.41) is 4.92. The summed E-state index contributed by atoms with van der Waals surface area (Å²) >= 11 is 3.28. The van der Waals surface area contributed by atoms with Crippen LogP contribution in [0, 0.1) is 6.92 Å². The van der Waals surface area contributed by atoms with E-state index in [9.17, 15) is 4.79 Å². The van der Waals surface area contributed by atoms with Crippen molar-refractivity contribution < 1.29 is 4.79 Å². The Morgan fingerprint density at radius 3 is 2.88 bits per heavy atom. The predicted octanol–water partition coefficient (Wildman–Crippen LogP) is 4.03. The van der Waals surface area contributed by atoms with Crippen LogP contribution in [0.15, 0.2) is 39.9 Å². The minimum Gasteiger partial charge on any atom is -0.320 e. The van der Waals surface area contributed by atoms with Gasteiger partial charge in [0.2, 0.25) is 0 Å². The molecule has 0 unspecified atom stereocenters. The van der Waals surface area contributed by atoms with Crippen LogP contribution in [0.1, 0.15) is 15.9 Å². The zero-order chi connectivity index (χ0) is 12.3. The van der Waals surface area contributed by atoms with E-state index in [2.05, 4.69) is 5.32 Å². The van der Waals surface area contributed by atoms with Gasteiger partial charge in [-0.15, -0.1) is 23.1 Å².